The first kappa shape index (κ1) is 12.8. The van der Waals surface area contributed by atoms with E-state index in [1.807, 2.05) is 0 Å². The van der Waals surface area contributed by atoms with Gasteiger partial charge in [-0.1, -0.05) is 0 Å². The monoisotopic (exact) mass is 239 g/mol. The number of urea groups is 1. The molecule has 0 aliphatic carbocycles. The van der Waals surface area contributed by atoms with Gasteiger partial charge in [-0.05, 0) is 12.1 Å². The van der Waals surface area contributed by atoms with Crippen molar-refractivity contribution in [2.75, 3.05) is 26.5 Å². The number of amides is 2. The second-order valence-corrected chi connectivity index (χ2v) is 3.47. The van der Waals surface area contributed by atoms with Gasteiger partial charge in [0.1, 0.15) is 0 Å². The van der Waals surface area contributed by atoms with Gasteiger partial charge in [0, 0.05) is 25.8 Å². The van der Waals surface area contributed by atoms with Crippen LogP contribution < -0.4 is 10.1 Å². The molecule has 0 bridgehead atoms. The summed E-state index contributed by atoms with van der Waals surface area (Å²) in [6, 6.07) is 3.86. The van der Waals surface area contributed by atoms with Crippen LogP contribution in [-0.2, 0) is 0 Å². The molecule has 0 saturated heterocycles. The van der Waals surface area contributed by atoms with Crippen molar-refractivity contribution in [3.05, 3.63) is 28.3 Å². The molecule has 2 amide bonds. The van der Waals surface area contributed by atoms with Crippen LogP contribution in [0, 0.1) is 10.1 Å². The number of rotatable bonds is 3. The fraction of sp³-hybridized carbons (Fsp3) is 0.300. The van der Waals surface area contributed by atoms with E-state index in [-0.39, 0.29) is 17.5 Å². The van der Waals surface area contributed by atoms with Crippen LogP contribution in [0.4, 0.5) is 16.2 Å². The molecule has 92 valence electrons. The molecule has 7 heteroatoms. The van der Waals surface area contributed by atoms with Gasteiger partial charge in [0.2, 0.25) is 0 Å². The molecule has 0 aliphatic heterocycles. The minimum Gasteiger partial charge on any atom is -0.490 e. The van der Waals surface area contributed by atoms with Crippen molar-refractivity contribution in [2.24, 2.45) is 0 Å². The second-order valence-electron chi connectivity index (χ2n) is 3.47. The quantitative estimate of drug-likeness (QED) is 0.642. The van der Waals surface area contributed by atoms with E-state index in [2.05, 4.69) is 5.32 Å². The number of hydrogen-bond donors (Lipinski definition) is 1. The van der Waals surface area contributed by atoms with E-state index in [4.69, 9.17) is 4.74 Å². The van der Waals surface area contributed by atoms with E-state index in [0.717, 1.165) is 0 Å². The van der Waals surface area contributed by atoms with Crippen LogP contribution in [-0.4, -0.2) is 37.1 Å². The van der Waals surface area contributed by atoms with Crippen molar-refractivity contribution in [3.63, 3.8) is 0 Å². The van der Waals surface area contributed by atoms with E-state index in [0.29, 0.717) is 5.69 Å². The Bertz CT molecular complexity index is 445. The normalized spacial score (nSPS) is 9.59. The first-order chi connectivity index (χ1) is 7.95. The minimum absolute atomic E-state index is 0.151. The molecule has 0 aromatic heterocycles. The highest BCUT2D eigenvalue weighted by molar-refractivity contribution is 5.89. The second kappa shape index (κ2) is 5.15. The summed E-state index contributed by atoms with van der Waals surface area (Å²) >= 11 is 0. The SMILES string of the molecule is COc1ccc(NC(=O)N(C)C)cc1[N+](=O)[O-]. The number of nitro groups is 1. The number of nitro benzene ring substituents is 1. The lowest BCUT2D eigenvalue weighted by Gasteiger charge is -2.12. The van der Waals surface area contributed by atoms with E-state index in [1.165, 1.54) is 30.2 Å². The summed E-state index contributed by atoms with van der Waals surface area (Å²) in [6.07, 6.45) is 0. The third-order valence-electron chi connectivity index (χ3n) is 2.03. The van der Waals surface area contributed by atoms with Crippen LogP contribution in [0.15, 0.2) is 18.2 Å². The summed E-state index contributed by atoms with van der Waals surface area (Å²) in [5, 5.41) is 13.3. The van der Waals surface area contributed by atoms with Crippen LogP contribution in [0.25, 0.3) is 0 Å². The van der Waals surface area contributed by atoms with Crippen molar-refractivity contribution >= 4 is 17.4 Å². The Kier molecular flexibility index (Phi) is 3.86. The van der Waals surface area contributed by atoms with Gasteiger partial charge in [-0.3, -0.25) is 10.1 Å². The molecule has 1 aromatic rings. The largest absolute Gasteiger partial charge is 0.490 e. The van der Waals surface area contributed by atoms with Crippen molar-refractivity contribution in [2.45, 2.75) is 0 Å². The van der Waals surface area contributed by atoms with Crippen LogP contribution in [0.3, 0.4) is 0 Å². The summed E-state index contributed by atoms with van der Waals surface area (Å²) < 4.78 is 4.85. The standard InChI is InChI=1S/C10H13N3O4/c1-12(2)10(14)11-7-4-5-9(17-3)8(6-7)13(15)16/h4-6H,1-3H3,(H,11,14). The predicted molar refractivity (Wildman–Crippen MR) is 62.4 cm³/mol. The molecule has 0 atom stereocenters. The summed E-state index contributed by atoms with van der Waals surface area (Å²) in [4.78, 5) is 22.9. The van der Waals surface area contributed by atoms with Gasteiger partial charge in [-0.25, -0.2) is 4.79 Å². The molecular formula is C10H13N3O4. The highest BCUT2D eigenvalue weighted by Crippen LogP contribution is 2.29. The van der Waals surface area contributed by atoms with Crippen molar-refractivity contribution in [1.82, 2.24) is 4.90 Å². The first-order valence-corrected chi connectivity index (χ1v) is 4.76. The fourth-order valence-corrected chi connectivity index (χ4v) is 1.15. The van der Waals surface area contributed by atoms with Crippen molar-refractivity contribution in [1.29, 1.82) is 0 Å². The zero-order chi connectivity index (χ0) is 13.0. The third-order valence-corrected chi connectivity index (χ3v) is 2.03. The Morgan fingerprint density at radius 3 is 2.59 bits per heavy atom. The highest BCUT2D eigenvalue weighted by Gasteiger charge is 2.16. The molecule has 0 spiro atoms. The van der Waals surface area contributed by atoms with Gasteiger partial charge in [0.25, 0.3) is 0 Å². The molecule has 0 aliphatic rings. The maximum absolute atomic E-state index is 11.4. The Morgan fingerprint density at radius 1 is 1.47 bits per heavy atom. The summed E-state index contributed by atoms with van der Waals surface area (Å²) in [6.45, 7) is 0. The van der Waals surface area contributed by atoms with Crippen LogP contribution in [0.5, 0.6) is 5.75 Å². The highest BCUT2D eigenvalue weighted by atomic mass is 16.6. The molecule has 7 nitrogen and oxygen atoms in total. The average molecular weight is 239 g/mol. The third kappa shape index (κ3) is 3.07. The first-order valence-electron chi connectivity index (χ1n) is 4.76. The smallest absolute Gasteiger partial charge is 0.321 e. The zero-order valence-electron chi connectivity index (χ0n) is 9.76. The number of nitrogens with zero attached hydrogens (tertiary/aromatic N) is 2. The number of ether oxygens (including phenoxy) is 1. The van der Waals surface area contributed by atoms with Crippen molar-refractivity contribution in [3.8, 4) is 5.75 Å². The molecule has 1 rings (SSSR count). The number of nitrogens with one attached hydrogen (secondary N) is 1. The van der Waals surface area contributed by atoms with Crippen LogP contribution in [0.1, 0.15) is 0 Å². The van der Waals surface area contributed by atoms with Gasteiger partial charge in [-0.2, -0.15) is 0 Å². The molecule has 0 radical (unpaired) electrons. The maximum Gasteiger partial charge on any atom is 0.321 e. The summed E-state index contributed by atoms with van der Waals surface area (Å²) in [7, 11) is 4.50. The van der Waals surface area contributed by atoms with Gasteiger partial charge in [0.05, 0.1) is 12.0 Å². The summed E-state index contributed by atoms with van der Waals surface area (Å²) in [5.41, 5.74) is 0.153. The van der Waals surface area contributed by atoms with Gasteiger partial charge >= 0.3 is 11.7 Å². The Balaban J connectivity index is 3.00. The van der Waals surface area contributed by atoms with Crippen molar-refractivity contribution < 1.29 is 14.5 Å². The van der Waals surface area contributed by atoms with Crippen LogP contribution in [0.2, 0.25) is 0 Å². The molecule has 1 N–H and O–H groups in total. The molecular weight excluding hydrogens is 226 g/mol. The lowest BCUT2D eigenvalue weighted by Crippen LogP contribution is -2.27. The van der Waals surface area contributed by atoms with Gasteiger partial charge < -0.3 is 15.0 Å². The number of benzene rings is 1. The van der Waals surface area contributed by atoms with Crippen LogP contribution >= 0.6 is 0 Å². The average Bonchev–Trinajstić information content (AvgIpc) is 2.28. The van der Waals surface area contributed by atoms with E-state index < -0.39 is 4.92 Å². The van der Waals surface area contributed by atoms with Gasteiger partial charge in [0.15, 0.2) is 5.75 Å². The number of carbonyl (C=O) groups is 1. The lowest BCUT2D eigenvalue weighted by molar-refractivity contribution is -0.385. The zero-order valence-corrected chi connectivity index (χ0v) is 9.76. The Morgan fingerprint density at radius 2 is 2.12 bits per heavy atom. The molecule has 1 aromatic carbocycles. The number of methoxy groups -OCH3 is 1. The molecule has 0 unspecified atom stereocenters. The molecule has 0 saturated carbocycles. The molecule has 0 fully saturated rings. The molecule has 0 heterocycles. The fourth-order valence-electron chi connectivity index (χ4n) is 1.15. The summed E-state index contributed by atoms with van der Waals surface area (Å²) in [5.74, 6) is 0.151. The van der Waals surface area contributed by atoms with E-state index in [9.17, 15) is 14.9 Å². The maximum atomic E-state index is 11.4. The Hall–Kier alpha value is -2.31. The number of hydrogen-bond acceptors (Lipinski definition) is 4. The van der Waals surface area contributed by atoms with E-state index >= 15 is 0 Å². The van der Waals surface area contributed by atoms with E-state index in [1.54, 1.807) is 14.1 Å². The van der Waals surface area contributed by atoms with Gasteiger partial charge in [-0.15, -0.1) is 0 Å². The minimum atomic E-state index is -0.565. The topological polar surface area (TPSA) is 84.7 Å². The lowest BCUT2D eigenvalue weighted by atomic mass is 10.2. The number of anilines is 1. The predicted octanol–water partition coefficient (Wildman–Crippen LogP) is 1.70. The molecule has 17 heavy (non-hydrogen) atoms. The Labute approximate surface area is 98.1 Å². The number of carbonyl (C=O) groups excluding carboxylic acids is 1.